The molecule has 2 nitrogen and oxygen atoms in total. The second-order valence-corrected chi connectivity index (χ2v) is 3.78. The van der Waals surface area contributed by atoms with Crippen molar-refractivity contribution in [3.8, 4) is 5.75 Å². The summed E-state index contributed by atoms with van der Waals surface area (Å²) in [5, 5.41) is 0. The van der Waals surface area contributed by atoms with Crippen molar-refractivity contribution in [3.05, 3.63) is 29.3 Å². The number of ether oxygens (including phenoxy) is 1. The maximum absolute atomic E-state index is 13.5. The van der Waals surface area contributed by atoms with Crippen molar-refractivity contribution >= 4 is 0 Å². The normalized spacial score (nSPS) is 13.0. The summed E-state index contributed by atoms with van der Waals surface area (Å²) in [4.78, 5) is 0. The maximum atomic E-state index is 13.5. The molecular weight excluding hydrogens is 200 g/mol. The van der Waals surface area contributed by atoms with Crippen LogP contribution >= 0.6 is 0 Å². The lowest BCUT2D eigenvalue weighted by Crippen LogP contribution is -2.18. The highest BCUT2D eigenvalue weighted by Gasteiger charge is 2.18. The van der Waals surface area contributed by atoms with E-state index in [9.17, 15) is 8.78 Å². The minimum absolute atomic E-state index is 0.0484. The van der Waals surface area contributed by atoms with Crippen LogP contribution in [0.2, 0.25) is 0 Å². The lowest BCUT2D eigenvalue weighted by atomic mass is 9.96. The third-order valence-electron chi connectivity index (χ3n) is 2.35. The van der Waals surface area contributed by atoms with Gasteiger partial charge in [-0.05, 0) is 12.0 Å². The van der Waals surface area contributed by atoms with Gasteiger partial charge in [0.2, 0.25) is 0 Å². The minimum Gasteiger partial charge on any atom is -0.494 e. The van der Waals surface area contributed by atoms with Gasteiger partial charge in [0, 0.05) is 17.7 Å². The van der Waals surface area contributed by atoms with Crippen LogP contribution in [0.1, 0.15) is 25.5 Å². The van der Waals surface area contributed by atoms with E-state index in [0.29, 0.717) is 0 Å². The molecule has 0 aliphatic heterocycles. The van der Waals surface area contributed by atoms with Crippen LogP contribution in [0.4, 0.5) is 8.78 Å². The molecule has 0 fully saturated rings. The van der Waals surface area contributed by atoms with Crippen LogP contribution in [0.5, 0.6) is 5.75 Å². The number of hydrogen-bond acceptors (Lipinski definition) is 2. The quantitative estimate of drug-likeness (QED) is 0.841. The second kappa shape index (κ2) is 4.57. The molecule has 0 heterocycles. The fourth-order valence-corrected chi connectivity index (χ4v) is 1.31. The van der Waals surface area contributed by atoms with E-state index >= 15 is 0 Å². The van der Waals surface area contributed by atoms with E-state index in [0.717, 1.165) is 12.1 Å². The highest BCUT2D eigenvalue weighted by molar-refractivity contribution is 5.32. The molecule has 0 aromatic heterocycles. The average molecular weight is 215 g/mol. The minimum atomic E-state index is -0.593. The van der Waals surface area contributed by atoms with E-state index in [1.807, 2.05) is 13.8 Å². The maximum Gasteiger partial charge on any atom is 0.165 e. The zero-order chi connectivity index (χ0) is 11.6. The lowest BCUT2D eigenvalue weighted by molar-refractivity contribution is 0.379. The summed E-state index contributed by atoms with van der Waals surface area (Å²) in [5.74, 6) is -1.18. The Morgan fingerprint density at radius 2 is 1.80 bits per heavy atom. The van der Waals surface area contributed by atoms with Gasteiger partial charge in [-0.25, -0.2) is 8.78 Å². The van der Waals surface area contributed by atoms with E-state index in [1.165, 1.54) is 7.11 Å². The molecule has 0 bridgehead atoms. The summed E-state index contributed by atoms with van der Waals surface area (Å²) in [5.41, 5.74) is 5.94. The van der Waals surface area contributed by atoms with Crippen molar-refractivity contribution < 1.29 is 13.5 Å². The molecule has 0 saturated carbocycles. The average Bonchev–Trinajstić information content (AvgIpc) is 2.19. The number of benzene rings is 1. The molecule has 2 N–H and O–H groups in total. The van der Waals surface area contributed by atoms with E-state index in [2.05, 4.69) is 4.74 Å². The summed E-state index contributed by atoms with van der Waals surface area (Å²) in [6, 6.07) is 1.61. The van der Waals surface area contributed by atoms with Gasteiger partial charge >= 0.3 is 0 Å². The topological polar surface area (TPSA) is 35.2 Å². The second-order valence-electron chi connectivity index (χ2n) is 3.78. The first-order valence-corrected chi connectivity index (χ1v) is 4.76. The van der Waals surface area contributed by atoms with Gasteiger partial charge in [-0.15, -0.1) is 0 Å². The number of nitrogens with two attached hydrogens (primary N) is 1. The zero-order valence-corrected chi connectivity index (χ0v) is 9.05. The fourth-order valence-electron chi connectivity index (χ4n) is 1.31. The summed E-state index contributed by atoms with van der Waals surface area (Å²) in [7, 11) is 1.29. The van der Waals surface area contributed by atoms with Gasteiger partial charge in [-0.1, -0.05) is 13.8 Å². The predicted octanol–water partition coefficient (Wildman–Crippen LogP) is 2.63. The first kappa shape index (κ1) is 11.9. The molecule has 0 saturated heterocycles. The van der Waals surface area contributed by atoms with Gasteiger partial charge < -0.3 is 10.5 Å². The monoisotopic (exact) mass is 215 g/mol. The Bertz CT molecular complexity index is 353. The van der Waals surface area contributed by atoms with E-state index in [-0.39, 0.29) is 17.2 Å². The Balaban J connectivity index is 3.15. The Morgan fingerprint density at radius 1 is 1.20 bits per heavy atom. The van der Waals surface area contributed by atoms with Crippen LogP contribution in [-0.2, 0) is 0 Å². The predicted molar refractivity (Wildman–Crippen MR) is 54.7 cm³/mol. The van der Waals surface area contributed by atoms with Gasteiger partial charge in [-0.3, -0.25) is 0 Å². The molecule has 1 unspecified atom stereocenters. The van der Waals surface area contributed by atoms with Crippen molar-refractivity contribution in [1.82, 2.24) is 0 Å². The Kier molecular flexibility index (Phi) is 3.63. The first-order chi connectivity index (χ1) is 6.97. The molecule has 4 heteroatoms. The van der Waals surface area contributed by atoms with Gasteiger partial charge in [0.1, 0.15) is 5.82 Å². The van der Waals surface area contributed by atoms with Gasteiger partial charge in [0.15, 0.2) is 11.6 Å². The van der Waals surface area contributed by atoms with E-state index in [1.54, 1.807) is 0 Å². The van der Waals surface area contributed by atoms with E-state index in [4.69, 9.17) is 5.73 Å². The fraction of sp³-hybridized carbons (Fsp3) is 0.455. The number of rotatable bonds is 3. The molecule has 0 aliphatic carbocycles. The van der Waals surface area contributed by atoms with Crippen molar-refractivity contribution in [1.29, 1.82) is 0 Å². The first-order valence-electron chi connectivity index (χ1n) is 4.76. The van der Waals surface area contributed by atoms with Crippen molar-refractivity contribution in [3.63, 3.8) is 0 Å². The van der Waals surface area contributed by atoms with Crippen LogP contribution in [0, 0.1) is 17.6 Å². The van der Waals surface area contributed by atoms with Crippen LogP contribution in [0.15, 0.2) is 12.1 Å². The molecule has 0 aliphatic rings. The van der Waals surface area contributed by atoms with E-state index < -0.39 is 17.7 Å². The van der Waals surface area contributed by atoms with Crippen LogP contribution in [-0.4, -0.2) is 7.11 Å². The van der Waals surface area contributed by atoms with Gasteiger partial charge in [0.25, 0.3) is 0 Å². The Hall–Kier alpha value is -1.16. The Labute approximate surface area is 88.0 Å². The largest absolute Gasteiger partial charge is 0.494 e. The smallest absolute Gasteiger partial charge is 0.165 e. The van der Waals surface area contributed by atoms with Crippen LogP contribution < -0.4 is 10.5 Å². The molecule has 84 valence electrons. The molecular formula is C11H15F2NO. The molecule has 1 rings (SSSR count). The molecule has 15 heavy (non-hydrogen) atoms. The third-order valence-corrected chi connectivity index (χ3v) is 2.35. The Morgan fingerprint density at radius 3 is 2.27 bits per heavy atom. The van der Waals surface area contributed by atoms with Crippen molar-refractivity contribution in [2.45, 2.75) is 19.9 Å². The number of methoxy groups -OCH3 is 1. The van der Waals surface area contributed by atoms with Gasteiger partial charge in [0.05, 0.1) is 7.11 Å². The standard InChI is InChI=1S/C11H15F2NO/c1-6(2)11(14)7-4-9(13)10(15-3)5-8(7)12/h4-6,11H,14H2,1-3H3. The number of halogens is 2. The SMILES string of the molecule is COc1cc(F)c(C(N)C(C)C)cc1F. The summed E-state index contributed by atoms with van der Waals surface area (Å²) in [6.45, 7) is 3.71. The van der Waals surface area contributed by atoms with Crippen molar-refractivity contribution in [2.75, 3.05) is 7.11 Å². The summed E-state index contributed by atoms with van der Waals surface area (Å²) in [6.07, 6.45) is 0. The lowest BCUT2D eigenvalue weighted by Gasteiger charge is -2.17. The van der Waals surface area contributed by atoms with Crippen LogP contribution in [0.3, 0.4) is 0 Å². The van der Waals surface area contributed by atoms with Crippen LogP contribution in [0.25, 0.3) is 0 Å². The zero-order valence-electron chi connectivity index (χ0n) is 9.05. The highest BCUT2D eigenvalue weighted by Crippen LogP contribution is 2.27. The molecule has 0 amide bonds. The molecule has 0 radical (unpaired) electrons. The van der Waals surface area contributed by atoms with Gasteiger partial charge in [-0.2, -0.15) is 0 Å². The highest BCUT2D eigenvalue weighted by atomic mass is 19.1. The third kappa shape index (κ3) is 2.45. The van der Waals surface area contributed by atoms with Crippen molar-refractivity contribution in [2.24, 2.45) is 11.7 Å². The summed E-state index contributed by atoms with van der Waals surface area (Å²) < 4.78 is 31.5. The molecule has 1 aromatic carbocycles. The number of hydrogen-bond donors (Lipinski definition) is 1. The molecule has 0 spiro atoms. The molecule has 1 atom stereocenters. The molecule has 1 aromatic rings. The summed E-state index contributed by atoms with van der Waals surface area (Å²) >= 11 is 0.